The van der Waals surface area contributed by atoms with Crippen molar-refractivity contribution >= 4 is 39.3 Å². The molecule has 0 atom stereocenters. The summed E-state index contributed by atoms with van der Waals surface area (Å²) in [5, 5.41) is 2.51. The van der Waals surface area contributed by atoms with E-state index >= 15 is 0 Å². The van der Waals surface area contributed by atoms with Crippen LogP contribution in [0.3, 0.4) is 0 Å². The van der Waals surface area contributed by atoms with Crippen LogP contribution in [0.15, 0.2) is 54.6 Å². The first kappa shape index (κ1) is 17.6. The fraction of sp³-hybridized carbons (Fsp3) is 0.174. The summed E-state index contributed by atoms with van der Waals surface area (Å²) in [4.78, 5) is 12.0. The van der Waals surface area contributed by atoms with Gasteiger partial charge in [0, 0.05) is 27.9 Å². The van der Waals surface area contributed by atoms with Crippen molar-refractivity contribution in [2.75, 3.05) is 0 Å². The summed E-state index contributed by atoms with van der Waals surface area (Å²) < 4.78 is 2.22. The molecule has 1 amide bonds. The van der Waals surface area contributed by atoms with Crippen LogP contribution in [0.5, 0.6) is 0 Å². The first-order valence-electron chi connectivity index (χ1n) is 8.96. The Bertz CT molecular complexity index is 1160. The zero-order valence-electron chi connectivity index (χ0n) is 15.3. The summed E-state index contributed by atoms with van der Waals surface area (Å²) in [5.41, 5.74) is 10.6. The van der Waals surface area contributed by atoms with Crippen LogP contribution >= 0.6 is 11.6 Å². The second-order valence-corrected chi connectivity index (χ2v) is 7.56. The second-order valence-electron chi connectivity index (χ2n) is 7.12. The first-order chi connectivity index (χ1) is 13.0. The van der Waals surface area contributed by atoms with Gasteiger partial charge in [-0.2, -0.15) is 0 Å². The molecule has 1 heterocycles. The number of rotatable bonds is 4. The van der Waals surface area contributed by atoms with Gasteiger partial charge in [-0.1, -0.05) is 49.7 Å². The molecular formula is C23H20ClN2O. The zero-order chi connectivity index (χ0) is 19.1. The lowest BCUT2D eigenvalue weighted by molar-refractivity contribution is 0.100. The van der Waals surface area contributed by atoms with Crippen molar-refractivity contribution in [3.63, 3.8) is 0 Å². The highest BCUT2D eigenvalue weighted by atomic mass is 35.5. The SMILES string of the molecule is CC(C)c1c[c]c2c3c(C(N)=O)cccc3n(Cc3ccc(Cl)cc3)c2c1. The standard InChI is InChI=1S/C23H20ClN2O/c1-14(2)16-8-11-18-21(12-16)26(13-15-6-9-17(24)10-7-15)20-5-3-4-19(22(18)20)23(25)27/h3-10,12,14H,13H2,1-2H3,(H2,25,27). The molecule has 0 saturated heterocycles. The molecular weight excluding hydrogens is 356 g/mol. The molecule has 4 aromatic rings. The van der Waals surface area contributed by atoms with Crippen LogP contribution in [-0.4, -0.2) is 10.5 Å². The Morgan fingerprint density at radius 3 is 2.56 bits per heavy atom. The van der Waals surface area contributed by atoms with Crippen molar-refractivity contribution in [1.29, 1.82) is 0 Å². The Labute approximate surface area is 163 Å². The molecule has 0 bridgehead atoms. The van der Waals surface area contributed by atoms with E-state index in [1.165, 1.54) is 5.56 Å². The molecule has 0 aliphatic heterocycles. The molecule has 2 N–H and O–H groups in total. The zero-order valence-corrected chi connectivity index (χ0v) is 16.0. The Balaban J connectivity index is 2.03. The fourth-order valence-electron chi connectivity index (χ4n) is 3.55. The number of primary amides is 1. The Morgan fingerprint density at radius 2 is 1.89 bits per heavy atom. The summed E-state index contributed by atoms with van der Waals surface area (Å²) in [6.07, 6.45) is 0. The molecule has 1 aromatic heterocycles. The highest BCUT2D eigenvalue weighted by Gasteiger charge is 2.17. The lowest BCUT2D eigenvalue weighted by Crippen LogP contribution is -2.11. The van der Waals surface area contributed by atoms with Gasteiger partial charge in [0.25, 0.3) is 0 Å². The summed E-state index contributed by atoms with van der Waals surface area (Å²) in [6, 6.07) is 21.1. The molecule has 3 nitrogen and oxygen atoms in total. The number of aromatic nitrogens is 1. The number of hydrogen-bond donors (Lipinski definition) is 1. The number of hydrogen-bond acceptors (Lipinski definition) is 1. The number of nitrogens with zero attached hydrogens (tertiary/aromatic N) is 1. The van der Waals surface area contributed by atoms with Gasteiger partial charge in [0.15, 0.2) is 0 Å². The minimum absolute atomic E-state index is 0.392. The Kier molecular flexibility index (Phi) is 4.40. The molecule has 4 rings (SSSR count). The summed E-state index contributed by atoms with van der Waals surface area (Å²) in [5.74, 6) is -0.0317. The van der Waals surface area contributed by atoms with Crippen LogP contribution in [0.2, 0.25) is 5.02 Å². The third-order valence-corrected chi connectivity index (χ3v) is 5.25. The van der Waals surface area contributed by atoms with Crippen molar-refractivity contribution < 1.29 is 4.79 Å². The number of fused-ring (bicyclic) bond motifs is 3. The number of amides is 1. The quantitative estimate of drug-likeness (QED) is 0.501. The molecule has 4 heteroatoms. The van der Waals surface area contributed by atoms with Gasteiger partial charge >= 0.3 is 0 Å². The first-order valence-corrected chi connectivity index (χ1v) is 9.34. The van der Waals surface area contributed by atoms with Gasteiger partial charge in [-0.3, -0.25) is 4.79 Å². The van der Waals surface area contributed by atoms with Crippen molar-refractivity contribution in [3.8, 4) is 0 Å². The lowest BCUT2D eigenvalue weighted by atomic mass is 10.00. The van der Waals surface area contributed by atoms with E-state index in [2.05, 4.69) is 30.5 Å². The number of carbonyl (C=O) groups is 1. The average Bonchev–Trinajstić information content (AvgIpc) is 2.96. The van der Waals surface area contributed by atoms with Crippen molar-refractivity contribution in [2.45, 2.75) is 26.3 Å². The fourth-order valence-corrected chi connectivity index (χ4v) is 3.68. The molecule has 0 unspecified atom stereocenters. The van der Waals surface area contributed by atoms with Crippen LogP contribution in [-0.2, 0) is 6.54 Å². The number of halogens is 1. The molecule has 135 valence electrons. The minimum atomic E-state index is -0.424. The van der Waals surface area contributed by atoms with Gasteiger partial charge in [0.05, 0.1) is 11.0 Å². The third kappa shape index (κ3) is 3.08. The van der Waals surface area contributed by atoms with E-state index in [-0.39, 0.29) is 0 Å². The summed E-state index contributed by atoms with van der Waals surface area (Å²) in [7, 11) is 0. The molecule has 0 saturated carbocycles. The van der Waals surface area contributed by atoms with Crippen LogP contribution in [0.1, 0.15) is 41.3 Å². The van der Waals surface area contributed by atoms with Crippen molar-refractivity contribution in [3.05, 3.63) is 82.4 Å². The topological polar surface area (TPSA) is 48.0 Å². The average molecular weight is 376 g/mol. The minimum Gasteiger partial charge on any atom is -0.366 e. The van der Waals surface area contributed by atoms with Gasteiger partial charge in [-0.25, -0.2) is 0 Å². The van der Waals surface area contributed by atoms with E-state index in [9.17, 15) is 4.79 Å². The number of benzene rings is 3. The lowest BCUT2D eigenvalue weighted by Gasteiger charge is -2.10. The number of nitrogens with two attached hydrogens (primary N) is 1. The molecule has 0 spiro atoms. The molecule has 0 fully saturated rings. The second kappa shape index (κ2) is 6.75. The molecule has 1 radical (unpaired) electrons. The molecule has 3 aromatic carbocycles. The number of carbonyl (C=O) groups excluding carboxylic acids is 1. The van der Waals surface area contributed by atoms with Gasteiger partial charge in [0.2, 0.25) is 5.91 Å². The maximum absolute atomic E-state index is 12.0. The van der Waals surface area contributed by atoms with E-state index in [4.69, 9.17) is 17.3 Å². The van der Waals surface area contributed by atoms with Crippen LogP contribution in [0.4, 0.5) is 0 Å². The van der Waals surface area contributed by atoms with Gasteiger partial charge in [-0.15, -0.1) is 0 Å². The Hall–Kier alpha value is -2.78. The van der Waals surface area contributed by atoms with Crippen LogP contribution in [0, 0.1) is 6.07 Å². The van der Waals surface area contributed by atoms with Gasteiger partial charge in [0.1, 0.15) is 0 Å². The molecule has 0 aliphatic rings. The van der Waals surface area contributed by atoms with Crippen LogP contribution < -0.4 is 5.73 Å². The monoisotopic (exact) mass is 375 g/mol. The van der Waals surface area contributed by atoms with Gasteiger partial charge < -0.3 is 10.3 Å². The van der Waals surface area contributed by atoms with Crippen LogP contribution in [0.25, 0.3) is 21.8 Å². The third-order valence-electron chi connectivity index (χ3n) is 5.00. The molecule has 0 aliphatic carbocycles. The normalized spacial score (nSPS) is 11.6. The van der Waals surface area contributed by atoms with E-state index < -0.39 is 5.91 Å². The largest absolute Gasteiger partial charge is 0.366 e. The Morgan fingerprint density at radius 1 is 1.15 bits per heavy atom. The van der Waals surface area contributed by atoms with E-state index in [0.717, 1.165) is 27.4 Å². The highest BCUT2D eigenvalue weighted by molar-refractivity contribution is 6.30. The molecule has 27 heavy (non-hydrogen) atoms. The van der Waals surface area contributed by atoms with E-state index in [1.54, 1.807) is 6.07 Å². The summed E-state index contributed by atoms with van der Waals surface area (Å²) in [6.45, 7) is 5.00. The van der Waals surface area contributed by atoms with Gasteiger partial charge in [-0.05, 0) is 53.4 Å². The maximum Gasteiger partial charge on any atom is 0.249 e. The smallest absolute Gasteiger partial charge is 0.249 e. The highest BCUT2D eigenvalue weighted by Crippen LogP contribution is 2.34. The van der Waals surface area contributed by atoms with E-state index in [0.29, 0.717) is 23.0 Å². The predicted molar refractivity (Wildman–Crippen MR) is 111 cm³/mol. The maximum atomic E-state index is 12.0. The van der Waals surface area contributed by atoms with Crippen molar-refractivity contribution in [1.82, 2.24) is 4.57 Å². The summed E-state index contributed by atoms with van der Waals surface area (Å²) >= 11 is 6.03. The predicted octanol–water partition coefficient (Wildman–Crippen LogP) is 5.52. The van der Waals surface area contributed by atoms with E-state index in [1.807, 2.05) is 42.5 Å². The van der Waals surface area contributed by atoms with Crippen molar-refractivity contribution in [2.24, 2.45) is 5.73 Å².